The highest BCUT2D eigenvalue weighted by Crippen LogP contribution is 2.38. The number of hydrogen-bond acceptors (Lipinski definition) is 4. The number of allylic oxidation sites excluding steroid dienone is 1. The molecule has 1 aliphatic heterocycles. The van der Waals surface area contributed by atoms with Gasteiger partial charge >= 0.3 is 0 Å². The lowest BCUT2D eigenvalue weighted by Crippen LogP contribution is -2.00. The maximum absolute atomic E-state index is 13.2. The first kappa shape index (κ1) is 20.0. The van der Waals surface area contributed by atoms with E-state index in [-0.39, 0.29) is 18.1 Å². The second kappa shape index (κ2) is 8.20. The number of ketones is 1. The van der Waals surface area contributed by atoms with Crippen molar-refractivity contribution in [1.29, 1.82) is 0 Å². The summed E-state index contributed by atoms with van der Waals surface area (Å²) in [6.45, 7) is 1.99. The molecule has 1 heterocycles. The summed E-state index contributed by atoms with van der Waals surface area (Å²) in [6.07, 6.45) is 1.69. The molecule has 0 bridgehead atoms. The smallest absolute Gasteiger partial charge is 0.232 e. The Kier molecular flexibility index (Phi) is 5.46. The summed E-state index contributed by atoms with van der Waals surface area (Å²) in [5.74, 6) is 1.38. The van der Waals surface area contributed by atoms with Crippen LogP contribution in [0.15, 0.2) is 60.4 Å². The molecule has 3 aromatic rings. The molecule has 4 nitrogen and oxygen atoms in total. The summed E-state index contributed by atoms with van der Waals surface area (Å²) in [7, 11) is 1.60. The van der Waals surface area contributed by atoms with E-state index in [1.807, 2.05) is 31.2 Å². The SMILES string of the molecule is COc1ccc(/C=C2\Oc3cc(OCc4ccc(F)cc4Cl)cc(C)c3C2=O)cc1. The van der Waals surface area contributed by atoms with E-state index < -0.39 is 5.82 Å². The summed E-state index contributed by atoms with van der Waals surface area (Å²) < 4.78 is 30.0. The van der Waals surface area contributed by atoms with Gasteiger partial charge in [0.1, 0.15) is 29.7 Å². The van der Waals surface area contributed by atoms with Crippen LogP contribution in [0.1, 0.15) is 27.0 Å². The highest BCUT2D eigenvalue weighted by Gasteiger charge is 2.30. The number of aryl methyl sites for hydroxylation is 1. The average molecular weight is 425 g/mol. The maximum atomic E-state index is 13.2. The van der Waals surface area contributed by atoms with Crippen LogP contribution in [-0.4, -0.2) is 12.9 Å². The maximum Gasteiger partial charge on any atom is 0.232 e. The van der Waals surface area contributed by atoms with Crippen molar-refractivity contribution in [2.75, 3.05) is 7.11 Å². The van der Waals surface area contributed by atoms with Gasteiger partial charge in [-0.05, 0) is 54.5 Å². The van der Waals surface area contributed by atoms with Gasteiger partial charge in [0, 0.05) is 11.6 Å². The largest absolute Gasteiger partial charge is 0.497 e. The summed E-state index contributed by atoms with van der Waals surface area (Å²) in [5.41, 5.74) is 2.75. The van der Waals surface area contributed by atoms with E-state index >= 15 is 0 Å². The minimum atomic E-state index is -0.403. The topological polar surface area (TPSA) is 44.8 Å². The van der Waals surface area contributed by atoms with Crippen molar-refractivity contribution < 1.29 is 23.4 Å². The Morgan fingerprint density at radius 3 is 2.53 bits per heavy atom. The third-order valence-electron chi connectivity index (χ3n) is 4.77. The van der Waals surface area contributed by atoms with Gasteiger partial charge < -0.3 is 14.2 Å². The van der Waals surface area contributed by atoms with Gasteiger partial charge in [0.25, 0.3) is 0 Å². The molecule has 0 spiro atoms. The third-order valence-corrected chi connectivity index (χ3v) is 5.12. The van der Waals surface area contributed by atoms with Crippen molar-refractivity contribution in [2.45, 2.75) is 13.5 Å². The van der Waals surface area contributed by atoms with Gasteiger partial charge in [-0.25, -0.2) is 4.39 Å². The lowest BCUT2D eigenvalue weighted by atomic mass is 10.0. The molecule has 0 radical (unpaired) electrons. The molecule has 0 N–H and O–H groups in total. The van der Waals surface area contributed by atoms with Crippen molar-refractivity contribution in [1.82, 2.24) is 0 Å². The van der Waals surface area contributed by atoms with E-state index in [0.717, 1.165) is 16.9 Å². The summed E-state index contributed by atoms with van der Waals surface area (Å²) >= 11 is 6.05. The first-order chi connectivity index (χ1) is 14.4. The van der Waals surface area contributed by atoms with Gasteiger partial charge in [-0.15, -0.1) is 0 Å². The molecular weight excluding hydrogens is 407 g/mol. The molecule has 3 aromatic carbocycles. The zero-order valence-electron chi connectivity index (χ0n) is 16.4. The van der Waals surface area contributed by atoms with E-state index in [0.29, 0.717) is 27.6 Å². The Bertz CT molecular complexity index is 1150. The molecule has 0 saturated carbocycles. The molecule has 30 heavy (non-hydrogen) atoms. The van der Waals surface area contributed by atoms with E-state index in [1.165, 1.54) is 12.1 Å². The number of carbonyl (C=O) groups excluding carboxylic acids is 1. The van der Waals surface area contributed by atoms with E-state index in [1.54, 1.807) is 31.4 Å². The average Bonchev–Trinajstić information content (AvgIpc) is 3.03. The molecule has 0 aliphatic carbocycles. The number of carbonyl (C=O) groups is 1. The van der Waals surface area contributed by atoms with E-state index in [4.69, 9.17) is 25.8 Å². The molecule has 0 aromatic heterocycles. The van der Waals surface area contributed by atoms with Crippen LogP contribution in [0.2, 0.25) is 5.02 Å². The number of rotatable bonds is 5. The highest BCUT2D eigenvalue weighted by atomic mass is 35.5. The van der Waals surface area contributed by atoms with Gasteiger partial charge in [-0.3, -0.25) is 4.79 Å². The first-order valence-electron chi connectivity index (χ1n) is 9.24. The normalized spacial score (nSPS) is 13.9. The lowest BCUT2D eigenvalue weighted by molar-refractivity contribution is 0.101. The monoisotopic (exact) mass is 424 g/mol. The number of fused-ring (bicyclic) bond motifs is 1. The van der Waals surface area contributed by atoms with E-state index in [9.17, 15) is 9.18 Å². The fourth-order valence-corrected chi connectivity index (χ4v) is 3.43. The van der Waals surface area contributed by atoms with Crippen LogP contribution in [0.25, 0.3) is 6.08 Å². The molecule has 4 rings (SSSR count). The van der Waals surface area contributed by atoms with Crippen molar-refractivity contribution in [3.8, 4) is 17.2 Å². The number of halogens is 2. The van der Waals surface area contributed by atoms with Gasteiger partial charge in [-0.2, -0.15) is 0 Å². The Hall–Kier alpha value is -3.31. The molecule has 6 heteroatoms. The standard InChI is InChI=1S/C24H18ClFO4/c1-14-9-19(29-13-16-5-6-17(26)11-20(16)25)12-21-23(14)24(27)22(30-21)10-15-3-7-18(28-2)8-4-15/h3-12H,13H2,1-2H3/b22-10-. The number of benzene rings is 3. The second-order valence-electron chi connectivity index (χ2n) is 6.85. The van der Waals surface area contributed by atoms with Gasteiger partial charge in [0.2, 0.25) is 5.78 Å². The number of ether oxygens (including phenoxy) is 3. The Labute approximate surface area is 178 Å². The fourth-order valence-electron chi connectivity index (χ4n) is 3.21. The van der Waals surface area contributed by atoms with Crippen LogP contribution in [0.5, 0.6) is 17.2 Å². The van der Waals surface area contributed by atoms with Crippen LogP contribution in [0.3, 0.4) is 0 Å². The summed E-state index contributed by atoms with van der Waals surface area (Å²) in [4.78, 5) is 12.8. The lowest BCUT2D eigenvalue weighted by Gasteiger charge is -2.10. The number of hydrogen-bond donors (Lipinski definition) is 0. The molecule has 0 unspecified atom stereocenters. The molecular formula is C24H18ClFO4. The van der Waals surface area contributed by atoms with Crippen molar-refractivity contribution >= 4 is 23.5 Å². The molecule has 0 saturated heterocycles. The first-order valence-corrected chi connectivity index (χ1v) is 9.62. The van der Waals surface area contributed by atoms with Crippen LogP contribution < -0.4 is 14.2 Å². The zero-order chi connectivity index (χ0) is 21.3. The van der Waals surface area contributed by atoms with Gasteiger partial charge in [0.15, 0.2) is 5.76 Å². The quantitative estimate of drug-likeness (QED) is 0.472. The van der Waals surface area contributed by atoms with Crippen LogP contribution in [0.4, 0.5) is 4.39 Å². The molecule has 152 valence electrons. The van der Waals surface area contributed by atoms with Crippen LogP contribution >= 0.6 is 11.6 Å². The second-order valence-corrected chi connectivity index (χ2v) is 7.26. The Morgan fingerprint density at radius 1 is 1.07 bits per heavy atom. The Balaban J connectivity index is 1.55. The molecule has 0 amide bonds. The highest BCUT2D eigenvalue weighted by molar-refractivity contribution is 6.31. The van der Waals surface area contributed by atoms with Crippen LogP contribution in [-0.2, 0) is 6.61 Å². The molecule has 0 fully saturated rings. The minimum absolute atomic E-state index is 0.166. The number of methoxy groups -OCH3 is 1. The minimum Gasteiger partial charge on any atom is -0.497 e. The van der Waals surface area contributed by atoms with Crippen molar-refractivity contribution in [3.63, 3.8) is 0 Å². The summed E-state index contributed by atoms with van der Waals surface area (Å²) in [6, 6.07) is 14.9. The predicted octanol–water partition coefficient (Wildman–Crippen LogP) is 5.99. The zero-order valence-corrected chi connectivity index (χ0v) is 17.1. The fraction of sp³-hybridized carbons (Fsp3) is 0.125. The molecule has 1 aliphatic rings. The van der Waals surface area contributed by atoms with Gasteiger partial charge in [0.05, 0.1) is 17.7 Å². The van der Waals surface area contributed by atoms with Crippen LogP contribution in [0, 0.1) is 12.7 Å². The van der Waals surface area contributed by atoms with Gasteiger partial charge in [-0.1, -0.05) is 29.8 Å². The van der Waals surface area contributed by atoms with Crippen molar-refractivity contribution in [3.05, 3.63) is 93.5 Å². The Morgan fingerprint density at radius 2 is 1.83 bits per heavy atom. The predicted molar refractivity (Wildman–Crippen MR) is 113 cm³/mol. The molecule has 0 atom stereocenters. The van der Waals surface area contributed by atoms with Crippen molar-refractivity contribution in [2.24, 2.45) is 0 Å². The summed E-state index contributed by atoms with van der Waals surface area (Å²) in [5, 5.41) is 0.295. The third kappa shape index (κ3) is 4.02. The van der Waals surface area contributed by atoms with E-state index in [2.05, 4.69) is 0 Å². The number of Topliss-reactive ketones (excluding diaryl/α,β-unsaturated/α-hetero) is 1.